The topological polar surface area (TPSA) is 75.7 Å². The second kappa shape index (κ2) is 9.56. The molecule has 1 amide bonds. The molecule has 1 atom stereocenters. The van der Waals surface area contributed by atoms with Gasteiger partial charge in [0.15, 0.2) is 0 Å². The number of rotatable bonds is 6. The minimum Gasteiger partial charge on any atom is -0.496 e. The summed E-state index contributed by atoms with van der Waals surface area (Å²) in [7, 11) is -2.26. The second-order valence-electron chi connectivity index (χ2n) is 7.26. The Hall–Kier alpha value is -1.80. The van der Waals surface area contributed by atoms with Gasteiger partial charge >= 0.3 is 0 Å². The number of hydrogen-bond acceptors (Lipinski definition) is 4. The molecule has 0 saturated carbocycles. The zero-order valence-electron chi connectivity index (χ0n) is 16.8. The maximum absolute atomic E-state index is 13.2. The number of piperidine rings is 1. The first-order valence-electron chi connectivity index (χ1n) is 9.59. The highest BCUT2D eigenvalue weighted by Crippen LogP contribution is 2.32. The summed E-state index contributed by atoms with van der Waals surface area (Å²) in [6.07, 6.45) is 1.22. The Labute approximate surface area is 187 Å². The van der Waals surface area contributed by atoms with Gasteiger partial charge in [0.25, 0.3) is 0 Å². The van der Waals surface area contributed by atoms with Crippen LogP contribution in [0.2, 0.25) is 10.0 Å². The number of benzene rings is 2. The van der Waals surface area contributed by atoms with E-state index in [4.69, 9.17) is 27.9 Å². The predicted molar refractivity (Wildman–Crippen MR) is 118 cm³/mol. The Balaban J connectivity index is 1.71. The summed E-state index contributed by atoms with van der Waals surface area (Å²) in [5.74, 6) is 0.0768. The first-order chi connectivity index (χ1) is 14.2. The van der Waals surface area contributed by atoms with Crippen LogP contribution in [0, 0.1) is 12.8 Å². The molecule has 1 saturated heterocycles. The molecule has 1 N–H and O–H groups in total. The van der Waals surface area contributed by atoms with Crippen LogP contribution >= 0.6 is 23.2 Å². The summed E-state index contributed by atoms with van der Waals surface area (Å²) >= 11 is 12.2. The maximum atomic E-state index is 13.2. The molecule has 1 aliphatic rings. The molecule has 1 heterocycles. The summed E-state index contributed by atoms with van der Waals surface area (Å²) in [6.45, 7) is 2.49. The monoisotopic (exact) mass is 470 g/mol. The minimum atomic E-state index is -3.83. The summed E-state index contributed by atoms with van der Waals surface area (Å²) in [6, 6.07) is 10.3. The molecule has 3 rings (SSSR count). The average Bonchev–Trinajstić information content (AvgIpc) is 2.74. The van der Waals surface area contributed by atoms with Crippen molar-refractivity contribution in [1.29, 1.82) is 0 Å². The molecule has 2 aromatic rings. The van der Waals surface area contributed by atoms with E-state index in [0.29, 0.717) is 42.3 Å². The van der Waals surface area contributed by atoms with Crippen molar-refractivity contribution < 1.29 is 17.9 Å². The fraction of sp³-hybridized carbons (Fsp3) is 0.381. The van der Waals surface area contributed by atoms with Crippen LogP contribution < -0.4 is 10.1 Å². The average molecular weight is 471 g/mol. The molecule has 0 radical (unpaired) electrons. The molecule has 0 aliphatic carbocycles. The number of nitrogens with zero attached hydrogens (tertiary/aromatic N) is 1. The van der Waals surface area contributed by atoms with Gasteiger partial charge in [0, 0.05) is 30.2 Å². The Morgan fingerprint density at radius 2 is 1.97 bits per heavy atom. The van der Waals surface area contributed by atoms with Crippen LogP contribution in [0.1, 0.15) is 24.0 Å². The number of halogens is 2. The van der Waals surface area contributed by atoms with Crippen molar-refractivity contribution >= 4 is 39.1 Å². The van der Waals surface area contributed by atoms with Crippen LogP contribution in [-0.4, -0.2) is 38.8 Å². The van der Waals surface area contributed by atoms with Gasteiger partial charge in [0.05, 0.1) is 18.1 Å². The molecular weight excluding hydrogens is 447 g/mol. The lowest BCUT2D eigenvalue weighted by Crippen LogP contribution is -2.45. The van der Waals surface area contributed by atoms with Gasteiger partial charge in [-0.15, -0.1) is 0 Å². The summed E-state index contributed by atoms with van der Waals surface area (Å²) in [5.41, 5.74) is 1.49. The highest BCUT2D eigenvalue weighted by molar-refractivity contribution is 7.89. The van der Waals surface area contributed by atoms with E-state index in [1.807, 2.05) is 24.3 Å². The first kappa shape index (κ1) is 22.9. The van der Waals surface area contributed by atoms with E-state index < -0.39 is 15.9 Å². The van der Waals surface area contributed by atoms with E-state index >= 15 is 0 Å². The maximum Gasteiger partial charge on any atom is 0.244 e. The number of amides is 1. The number of aryl methyl sites for hydroxylation is 1. The number of para-hydroxylation sites is 1. The second-order valence-corrected chi connectivity index (χ2v) is 9.98. The van der Waals surface area contributed by atoms with Crippen LogP contribution in [0.4, 0.5) is 0 Å². The fourth-order valence-electron chi connectivity index (χ4n) is 3.52. The highest BCUT2D eigenvalue weighted by atomic mass is 35.5. The van der Waals surface area contributed by atoms with Crippen molar-refractivity contribution in [2.45, 2.75) is 31.2 Å². The lowest BCUT2D eigenvalue weighted by atomic mass is 9.98. The van der Waals surface area contributed by atoms with Gasteiger partial charge in [-0.3, -0.25) is 4.79 Å². The molecule has 6 nitrogen and oxygen atoms in total. The lowest BCUT2D eigenvalue weighted by molar-refractivity contribution is -0.126. The largest absolute Gasteiger partial charge is 0.496 e. The highest BCUT2D eigenvalue weighted by Gasteiger charge is 2.34. The standard InChI is InChI=1S/C21H24Cl2N2O4S/c1-14-10-20(18(23)11-17(14)22)30(27,28)25-9-5-7-16(13-25)21(26)24-12-15-6-3-4-8-19(15)29-2/h3-4,6,8,10-11,16H,5,7,9,12-13H2,1-2H3,(H,24,26). The number of methoxy groups -OCH3 is 1. The molecule has 0 aromatic heterocycles. The molecule has 162 valence electrons. The van der Waals surface area contributed by atoms with E-state index in [2.05, 4.69) is 5.32 Å². The van der Waals surface area contributed by atoms with Crippen LogP contribution in [0.5, 0.6) is 5.75 Å². The zero-order valence-corrected chi connectivity index (χ0v) is 19.1. The molecule has 2 aromatic carbocycles. The van der Waals surface area contributed by atoms with Crippen molar-refractivity contribution in [2.24, 2.45) is 5.92 Å². The summed E-state index contributed by atoms with van der Waals surface area (Å²) in [4.78, 5) is 12.7. The predicted octanol–water partition coefficient (Wildman–Crippen LogP) is 4.03. The normalized spacial score (nSPS) is 17.5. The molecule has 0 spiro atoms. The van der Waals surface area contributed by atoms with Crippen molar-refractivity contribution in [3.63, 3.8) is 0 Å². The smallest absolute Gasteiger partial charge is 0.244 e. The van der Waals surface area contributed by atoms with Crippen LogP contribution in [-0.2, 0) is 21.4 Å². The minimum absolute atomic E-state index is 0.0150. The molecule has 1 unspecified atom stereocenters. The SMILES string of the molecule is COc1ccccc1CNC(=O)C1CCCN(S(=O)(=O)c2cc(C)c(Cl)cc2Cl)C1. The van der Waals surface area contributed by atoms with Gasteiger partial charge in [0.1, 0.15) is 10.6 Å². The number of nitrogens with one attached hydrogen (secondary N) is 1. The number of hydrogen-bond donors (Lipinski definition) is 1. The van der Waals surface area contributed by atoms with E-state index in [-0.39, 0.29) is 22.4 Å². The van der Waals surface area contributed by atoms with Gasteiger partial charge in [0.2, 0.25) is 15.9 Å². The van der Waals surface area contributed by atoms with Crippen LogP contribution in [0.15, 0.2) is 41.3 Å². The summed E-state index contributed by atoms with van der Waals surface area (Å²) < 4.78 is 32.9. The molecule has 1 fully saturated rings. The van der Waals surface area contributed by atoms with Crippen molar-refractivity contribution in [3.8, 4) is 5.75 Å². The zero-order chi connectivity index (χ0) is 21.9. The molecule has 30 heavy (non-hydrogen) atoms. The van der Waals surface area contributed by atoms with Gasteiger partial charge in [-0.25, -0.2) is 8.42 Å². The van der Waals surface area contributed by atoms with Gasteiger partial charge < -0.3 is 10.1 Å². The number of ether oxygens (including phenoxy) is 1. The third-order valence-electron chi connectivity index (χ3n) is 5.23. The van der Waals surface area contributed by atoms with Crippen molar-refractivity contribution in [1.82, 2.24) is 9.62 Å². The third kappa shape index (κ3) is 4.91. The lowest BCUT2D eigenvalue weighted by Gasteiger charge is -2.31. The quantitative estimate of drug-likeness (QED) is 0.691. The van der Waals surface area contributed by atoms with Crippen molar-refractivity contribution in [2.75, 3.05) is 20.2 Å². The first-order valence-corrected chi connectivity index (χ1v) is 11.8. The molecule has 0 bridgehead atoms. The van der Waals surface area contributed by atoms with Crippen molar-refractivity contribution in [3.05, 3.63) is 57.6 Å². The van der Waals surface area contributed by atoms with Gasteiger partial charge in [-0.2, -0.15) is 4.31 Å². The number of carbonyl (C=O) groups is 1. The van der Waals surface area contributed by atoms with E-state index in [1.165, 1.54) is 16.4 Å². The van der Waals surface area contributed by atoms with Crippen LogP contribution in [0.3, 0.4) is 0 Å². The molecule has 9 heteroatoms. The summed E-state index contributed by atoms with van der Waals surface area (Å²) in [5, 5.41) is 3.38. The third-order valence-corrected chi connectivity index (χ3v) is 7.97. The Kier molecular flexibility index (Phi) is 7.29. The number of carbonyl (C=O) groups excluding carboxylic acids is 1. The fourth-order valence-corrected chi connectivity index (χ4v) is 5.85. The molecule has 1 aliphatic heterocycles. The van der Waals surface area contributed by atoms with E-state index in [1.54, 1.807) is 14.0 Å². The molecular formula is C21H24Cl2N2O4S. The van der Waals surface area contributed by atoms with Gasteiger partial charge in [-0.1, -0.05) is 41.4 Å². The number of sulfonamides is 1. The Morgan fingerprint density at radius 3 is 2.70 bits per heavy atom. The van der Waals surface area contributed by atoms with Gasteiger partial charge in [-0.05, 0) is 43.5 Å². The Morgan fingerprint density at radius 1 is 1.23 bits per heavy atom. The van der Waals surface area contributed by atoms with E-state index in [0.717, 1.165) is 5.56 Å². The van der Waals surface area contributed by atoms with E-state index in [9.17, 15) is 13.2 Å². The Bertz CT molecular complexity index is 1040. The van der Waals surface area contributed by atoms with Crippen LogP contribution in [0.25, 0.3) is 0 Å².